The van der Waals surface area contributed by atoms with E-state index in [0.29, 0.717) is 28.4 Å². The van der Waals surface area contributed by atoms with Crippen molar-refractivity contribution < 1.29 is 4.52 Å². The van der Waals surface area contributed by atoms with Crippen LogP contribution in [0.25, 0.3) is 17.0 Å². The summed E-state index contributed by atoms with van der Waals surface area (Å²) in [6.45, 7) is 4.72. The quantitative estimate of drug-likeness (QED) is 0.322. The van der Waals surface area contributed by atoms with E-state index >= 15 is 0 Å². The first-order chi connectivity index (χ1) is 16.5. The monoisotopic (exact) mass is 486 g/mol. The molecule has 0 radical (unpaired) electrons. The summed E-state index contributed by atoms with van der Waals surface area (Å²) in [6.07, 6.45) is 0. The third-order valence-corrected chi connectivity index (χ3v) is 6.51. The lowest BCUT2D eigenvalue weighted by Crippen LogP contribution is -2.45. The Morgan fingerprint density at radius 3 is 2.50 bits per heavy atom. The largest absolute Gasteiger partial charge is 0.351 e. The first-order valence-corrected chi connectivity index (χ1v) is 11.8. The highest BCUT2D eigenvalue weighted by atomic mass is 35.5. The van der Waals surface area contributed by atoms with Gasteiger partial charge in [0, 0.05) is 22.8 Å². The molecule has 1 aromatic heterocycles. The number of halogens is 1. The fourth-order valence-electron chi connectivity index (χ4n) is 4.15. The molecule has 0 amide bonds. The molecule has 34 heavy (non-hydrogen) atoms. The van der Waals surface area contributed by atoms with Crippen molar-refractivity contribution >= 4 is 34.5 Å². The van der Waals surface area contributed by atoms with Crippen molar-refractivity contribution in [2.75, 3.05) is 0 Å². The maximum Gasteiger partial charge on any atom is 0.258 e. The lowest BCUT2D eigenvalue weighted by atomic mass is 9.94. The minimum absolute atomic E-state index is 0.248. The molecule has 7 heteroatoms. The standard InChI is InChI=1S/C27H23ClN4OS/c1-17-7-6-10-21(15-17)25-30-26(33-31-25)23-18(2)32(16-19-8-4-3-5-9-19)27(34)29-24(23)20-11-13-22(28)14-12-20/h3-15,24H,16H2,1-2H3,(H,29,34). The number of allylic oxidation sites excluding steroid dienone is 1. The summed E-state index contributed by atoms with van der Waals surface area (Å²) in [4.78, 5) is 6.86. The van der Waals surface area contributed by atoms with Crippen LogP contribution in [0, 0.1) is 6.92 Å². The van der Waals surface area contributed by atoms with Crippen LogP contribution in [0.5, 0.6) is 0 Å². The van der Waals surface area contributed by atoms with Crippen molar-refractivity contribution in [3.05, 3.63) is 112 Å². The molecule has 5 nitrogen and oxygen atoms in total. The summed E-state index contributed by atoms with van der Waals surface area (Å²) in [5.74, 6) is 1.01. The van der Waals surface area contributed by atoms with Gasteiger partial charge in [-0.1, -0.05) is 83.0 Å². The predicted octanol–water partition coefficient (Wildman–Crippen LogP) is 6.56. The van der Waals surface area contributed by atoms with Gasteiger partial charge in [-0.05, 0) is 55.4 Å². The van der Waals surface area contributed by atoms with Gasteiger partial charge in [0.15, 0.2) is 5.11 Å². The molecule has 1 unspecified atom stereocenters. The van der Waals surface area contributed by atoms with Gasteiger partial charge >= 0.3 is 0 Å². The lowest BCUT2D eigenvalue weighted by Gasteiger charge is -2.37. The van der Waals surface area contributed by atoms with Crippen LogP contribution >= 0.6 is 23.8 Å². The number of aryl methyl sites for hydroxylation is 1. The Kier molecular flexibility index (Phi) is 6.18. The number of hydrogen-bond acceptors (Lipinski definition) is 4. The smallest absolute Gasteiger partial charge is 0.258 e. The van der Waals surface area contributed by atoms with Gasteiger partial charge in [-0.2, -0.15) is 4.98 Å². The SMILES string of the molecule is CC1=C(c2nc(-c3cccc(C)c3)no2)C(c2ccc(Cl)cc2)NC(=S)N1Cc1ccccc1. The fraction of sp³-hybridized carbons (Fsp3) is 0.148. The maximum absolute atomic E-state index is 6.15. The van der Waals surface area contributed by atoms with E-state index in [1.807, 2.05) is 80.6 Å². The zero-order valence-electron chi connectivity index (χ0n) is 18.8. The first-order valence-electron chi connectivity index (χ1n) is 11.0. The van der Waals surface area contributed by atoms with E-state index in [2.05, 4.69) is 27.5 Å². The van der Waals surface area contributed by atoms with Gasteiger partial charge in [-0.25, -0.2) is 0 Å². The van der Waals surface area contributed by atoms with Crippen LogP contribution in [0.2, 0.25) is 5.02 Å². The van der Waals surface area contributed by atoms with Gasteiger partial charge < -0.3 is 14.7 Å². The maximum atomic E-state index is 6.15. The van der Waals surface area contributed by atoms with Crippen LogP contribution in [0.3, 0.4) is 0 Å². The second-order valence-corrected chi connectivity index (χ2v) is 9.12. The molecular weight excluding hydrogens is 464 g/mol. The van der Waals surface area contributed by atoms with Crippen molar-refractivity contribution in [1.82, 2.24) is 20.4 Å². The Morgan fingerprint density at radius 1 is 1.00 bits per heavy atom. The van der Waals surface area contributed by atoms with Crippen LogP contribution in [0.15, 0.2) is 89.1 Å². The third kappa shape index (κ3) is 4.47. The lowest BCUT2D eigenvalue weighted by molar-refractivity contribution is 0.396. The summed E-state index contributed by atoms with van der Waals surface area (Å²) in [6, 6.07) is 25.8. The van der Waals surface area contributed by atoms with Crippen molar-refractivity contribution in [2.24, 2.45) is 0 Å². The van der Waals surface area contributed by atoms with E-state index in [1.165, 1.54) is 0 Å². The van der Waals surface area contributed by atoms with Crippen molar-refractivity contribution in [3.8, 4) is 11.4 Å². The molecule has 3 aromatic carbocycles. The van der Waals surface area contributed by atoms with Crippen LogP contribution < -0.4 is 5.32 Å². The zero-order chi connectivity index (χ0) is 23.7. The highest BCUT2D eigenvalue weighted by Gasteiger charge is 2.34. The number of rotatable bonds is 5. The van der Waals surface area contributed by atoms with Crippen LogP contribution in [-0.2, 0) is 6.54 Å². The average molecular weight is 487 g/mol. The van der Waals surface area contributed by atoms with E-state index in [4.69, 9.17) is 33.3 Å². The molecular formula is C27H23ClN4OS. The van der Waals surface area contributed by atoms with Gasteiger partial charge in [0.05, 0.1) is 11.6 Å². The van der Waals surface area contributed by atoms with E-state index < -0.39 is 0 Å². The molecule has 1 aliphatic rings. The molecule has 1 N–H and O–H groups in total. The zero-order valence-corrected chi connectivity index (χ0v) is 20.4. The number of nitrogens with zero attached hydrogens (tertiary/aromatic N) is 3. The van der Waals surface area contributed by atoms with E-state index in [1.54, 1.807) is 0 Å². The molecule has 0 fully saturated rings. The number of hydrogen-bond donors (Lipinski definition) is 1. The molecule has 0 bridgehead atoms. The summed E-state index contributed by atoms with van der Waals surface area (Å²) >= 11 is 11.9. The highest BCUT2D eigenvalue weighted by Crippen LogP contribution is 2.38. The molecule has 0 aliphatic carbocycles. The number of aromatic nitrogens is 2. The molecule has 1 aliphatic heterocycles. The highest BCUT2D eigenvalue weighted by molar-refractivity contribution is 7.80. The Morgan fingerprint density at radius 2 is 1.76 bits per heavy atom. The van der Waals surface area contributed by atoms with E-state index in [-0.39, 0.29) is 6.04 Å². The van der Waals surface area contributed by atoms with Crippen molar-refractivity contribution in [1.29, 1.82) is 0 Å². The molecule has 1 atom stereocenters. The van der Waals surface area contributed by atoms with Gasteiger partial charge in [-0.3, -0.25) is 0 Å². The molecule has 2 heterocycles. The van der Waals surface area contributed by atoms with Gasteiger partial charge in [0.1, 0.15) is 0 Å². The minimum Gasteiger partial charge on any atom is -0.351 e. The van der Waals surface area contributed by atoms with Gasteiger partial charge in [-0.15, -0.1) is 0 Å². The number of nitrogens with one attached hydrogen (secondary N) is 1. The number of benzene rings is 3. The summed E-state index contributed by atoms with van der Waals surface area (Å²) in [5, 5.41) is 9.09. The summed E-state index contributed by atoms with van der Waals surface area (Å²) in [7, 11) is 0. The number of thiocarbonyl (C=S) groups is 1. The average Bonchev–Trinajstić information content (AvgIpc) is 3.32. The molecule has 5 rings (SSSR count). The second-order valence-electron chi connectivity index (χ2n) is 8.30. The second kappa shape index (κ2) is 9.41. The van der Waals surface area contributed by atoms with Crippen molar-refractivity contribution in [3.63, 3.8) is 0 Å². The fourth-order valence-corrected chi connectivity index (χ4v) is 4.60. The predicted molar refractivity (Wildman–Crippen MR) is 139 cm³/mol. The third-order valence-electron chi connectivity index (χ3n) is 5.92. The normalized spacial score (nSPS) is 16.0. The molecule has 170 valence electrons. The molecule has 4 aromatic rings. The van der Waals surface area contributed by atoms with E-state index in [0.717, 1.165) is 33.5 Å². The molecule has 0 saturated carbocycles. The van der Waals surface area contributed by atoms with Crippen LogP contribution in [0.1, 0.15) is 35.5 Å². The molecule has 0 saturated heterocycles. The topological polar surface area (TPSA) is 54.2 Å². The molecule has 0 spiro atoms. The Balaban J connectivity index is 1.60. The first kappa shape index (κ1) is 22.3. The van der Waals surface area contributed by atoms with Gasteiger partial charge in [0.25, 0.3) is 5.89 Å². The van der Waals surface area contributed by atoms with Crippen molar-refractivity contribution in [2.45, 2.75) is 26.4 Å². The summed E-state index contributed by atoms with van der Waals surface area (Å²) in [5.41, 5.74) is 6.07. The Labute approximate surface area is 209 Å². The van der Waals surface area contributed by atoms with Crippen LogP contribution in [-0.4, -0.2) is 20.2 Å². The Bertz CT molecular complexity index is 1360. The van der Waals surface area contributed by atoms with Gasteiger partial charge in [0.2, 0.25) is 5.82 Å². The Hall–Kier alpha value is -3.48. The minimum atomic E-state index is -0.248. The van der Waals surface area contributed by atoms with Crippen LogP contribution in [0.4, 0.5) is 0 Å². The summed E-state index contributed by atoms with van der Waals surface area (Å²) < 4.78 is 5.82. The van der Waals surface area contributed by atoms with E-state index in [9.17, 15) is 0 Å².